The van der Waals surface area contributed by atoms with Gasteiger partial charge in [0, 0.05) is 30.0 Å². The lowest BCUT2D eigenvalue weighted by molar-refractivity contribution is -0.116. The van der Waals surface area contributed by atoms with Gasteiger partial charge in [-0.15, -0.1) is 11.3 Å². The summed E-state index contributed by atoms with van der Waals surface area (Å²) in [4.78, 5) is 35.1. The molecule has 1 aliphatic carbocycles. The second-order valence-corrected chi connectivity index (χ2v) is 8.41. The van der Waals surface area contributed by atoms with Crippen LogP contribution in [0.5, 0.6) is 0 Å². The van der Waals surface area contributed by atoms with Gasteiger partial charge in [-0.1, -0.05) is 18.2 Å². The zero-order valence-corrected chi connectivity index (χ0v) is 18.1. The molecule has 0 radical (unpaired) electrons. The van der Waals surface area contributed by atoms with Gasteiger partial charge in [0.2, 0.25) is 11.8 Å². The van der Waals surface area contributed by atoms with E-state index in [-0.39, 0.29) is 11.8 Å². The number of carbonyl (C=O) groups excluding carboxylic acids is 2. The van der Waals surface area contributed by atoms with Gasteiger partial charge in [-0.3, -0.25) is 14.5 Å². The number of para-hydroxylation sites is 1. The van der Waals surface area contributed by atoms with Crippen LogP contribution in [-0.2, 0) is 9.59 Å². The molecule has 2 amide bonds. The molecular weight excluding hydrogens is 424 g/mol. The molecule has 7 nitrogen and oxygen atoms in total. The Labute approximate surface area is 188 Å². The van der Waals surface area contributed by atoms with Crippen LogP contribution in [0.15, 0.2) is 64.4 Å². The summed E-state index contributed by atoms with van der Waals surface area (Å²) in [5, 5.41) is 5.19. The number of nitrogens with one attached hydrogen (secondary N) is 1. The first-order chi connectivity index (χ1) is 15.6. The average molecular weight is 445 g/mol. The van der Waals surface area contributed by atoms with Crippen molar-refractivity contribution in [2.24, 2.45) is 0 Å². The van der Waals surface area contributed by atoms with Gasteiger partial charge in [-0.2, -0.15) is 0 Å². The number of carbonyl (C=O) groups is 2. The van der Waals surface area contributed by atoms with Gasteiger partial charge in [0.15, 0.2) is 16.6 Å². The summed E-state index contributed by atoms with van der Waals surface area (Å²) in [6.45, 7) is 1.50. The quantitative estimate of drug-likeness (QED) is 0.397. The number of benzene rings is 2. The Morgan fingerprint density at radius 3 is 2.72 bits per heavy atom. The summed E-state index contributed by atoms with van der Waals surface area (Å²) in [6.07, 6.45) is 5.28. The maximum absolute atomic E-state index is 12.4. The zero-order chi connectivity index (χ0) is 22.1. The fraction of sp³-hybridized carbons (Fsp3) is 0.167. The van der Waals surface area contributed by atoms with Crippen LogP contribution < -0.4 is 10.2 Å². The Hall–Kier alpha value is -3.78. The van der Waals surface area contributed by atoms with Gasteiger partial charge in [-0.05, 0) is 49.2 Å². The average Bonchev–Trinajstić information content (AvgIpc) is 3.39. The highest BCUT2D eigenvalue weighted by Gasteiger charge is 2.28. The molecule has 0 atom stereocenters. The molecular formula is C24H20N4O3S. The van der Waals surface area contributed by atoms with E-state index < -0.39 is 0 Å². The standard InChI is InChI=1S/C24H20N4O3S/c1-15(29)28(19-5-3-2-4-6-19)24-26-18(14-32-24)10-12-22(30)25-17-9-11-21-20(13-17)27-23(31-21)16-7-8-16/h2-6,9-14,16H,7-8H2,1H3,(H,25,30)/b12-10+. The highest BCUT2D eigenvalue weighted by Crippen LogP contribution is 2.40. The van der Waals surface area contributed by atoms with Gasteiger partial charge in [-0.25, -0.2) is 9.97 Å². The summed E-state index contributed by atoms with van der Waals surface area (Å²) in [5.74, 6) is 0.799. The molecule has 8 heteroatoms. The summed E-state index contributed by atoms with van der Waals surface area (Å²) in [5.41, 5.74) is 3.46. The van der Waals surface area contributed by atoms with E-state index in [2.05, 4.69) is 15.3 Å². The van der Waals surface area contributed by atoms with E-state index in [1.807, 2.05) is 42.5 Å². The van der Waals surface area contributed by atoms with Gasteiger partial charge < -0.3 is 9.73 Å². The van der Waals surface area contributed by atoms with E-state index in [1.54, 1.807) is 22.4 Å². The molecule has 0 bridgehead atoms. The van der Waals surface area contributed by atoms with Crippen LogP contribution in [0.1, 0.15) is 37.3 Å². The van der Waals surface area contributed by atoms with E-state index in [9.17, 15) is 9.59 Å². The Bertz CT molecular complexity index is 1320. The molecule has 0 spiro atoms. The topological polar surface area (TPSA) is 88.3 Å². The van der Waals surface area contributed by atoms with E-state index in [4.69, 9.17) is 4.42 Å². The number of fused-ring (bicyclic) bond motifs is 1. The molecule has 4 aromatic rings. The fourth-order valence-electron chi connectivity index (χ4n) is 3.33. The van der Waals surface area contributed by atoms with E-state index in [0.717, 1.165) is 35.5 Å². The molecule has 5 rings (SSSR count). The molecule has 1 N–H and O–H groups in total. The number of anilines is 3. The maximum Gasteiger partial charge on any atom is 0.248 e. The molecule has 160 valence electrons. The van der Waals surface area contributed by atoms with E-state index in [1.165, 1.54) is 24.3 Å². The second kappa shape index (κ2) is 8.39. The van der Waals surface area contributed by atoms with E-state index >= 15 is 0 Å². The molecule has 0 aliphatic heterocycles. The minimum absolute atomic E-state index is 0.132. The summed E-state index contributed by atoms with van der Waals surface area (Å²) < 4.78 is 5.75. The van der Waals surface area contributed by atoms with Crippen molar-refractivity contribution < 1.29 is 14.0 Å². The molecule has 1 saturated carbocycles. The number of aromatic nitrogens is 2. The zero-order valence-electron chi connectivity index (χ0n) is 17.3. The second-order valence-electron chi connectivity index (χ2n) is 7.58. The van der Waals surface area contributed by atoms with Crippen molar-refractivity contribution in [2.45, 2.75) is 25.7 Å². The van der Waals surface area contributed by atoms with Crippen molar-refractivity contribution in [3.8, 4) is 0 Å². The predicted molar refractivity (Wildman–Crippen MR) is 125 cm³/mol. The molecule has 0 unspecified atom stereocenters. The van der Waals surface area contributed by atoms with Crippen LogP contribution in [0.4, 0.5) is 16.5 Å². The molecule has 0 saturated heterocycles. The number of hydrogen-bond donors (Lipinski definition) is 1. The smallest absolute Gasteiger partial charge is 0.248 e. The van der Waals surface area contributed by atoms with Crippen molar-refractivity contribution in [1.82, 2.24) is 9.97 Å². The monoisotopic (exact) mass is 444 g/mol. The van der Waals surface area contributed by atoms with Crippen LogP contribution in [0, 0.1) is 0 Å². The Morgan fingerprint density at radius 2 is 1.97 bits per heavy atom. The molecule has 2 aromatic carbocycles. The maximum atomic E-state index is 12.4. The number of oxazole rings is 1. The van der Waals surface area contributed by atoms with Crippen molar-refractivity contribution in [3.05, 3.63) is 71.6 Å². The van der Waals surface area contributed by atoms with E-state index in [0.29, 0.717) is 22.4 Å². The molecule has 1 aliphatic rings. The van der Waals surface area contributed by atoms with Crippen LogP contribution in [0.2, 0.25) is 0 Å². The third kappa shape index (κ3) is 4.31. The number of thiazole rings is 1. The number of amides is 2. The summed E-state index contributed by atoms with van der Waals surface area (Å²) in [6, 6.07) is 14.8. The van der Waals surface area contributed by atoms with Gasteiger partial charge in [0.05, 0.1) is 11.4 Å². The van der Waals surface area contributed by atoms with Crippen molar-refractivity contribution in [3.63, 3.8) is 0 Å². The lowest BCUT2D eigenvalue weighted by Crippen LogP contribution is -2.22. The normalized spacial score (nSPS) is 13.5. The molecule has 1 fully saturated rings. The summed E-state index contributed by atoms with van der Waals surface area (Å²) >= 11 is 1.34. The van der Waals surface area contributed by atoms with Crippen LogP contribution in [0.25, 0.3) is 17.2 Å². The van der Waals surface area contributed by atoms with Crippen molar-refractivity contribution >= 4 is 56.8 Å². The first-order valence-corrected chi connectivity index (χ1v) is 11.2. The Morgan fingerprint density at radius 1 is 1.16 bits per heavy atom. The van der Waals surface area contributed by atoms with Crippen LogP contribution in [0.3, 0.4) is 0 Å². The predicted octanol–water partition coefficient (Wildman–Crippen LogP) is 5.50. The minimum Gasteiger partial charge on any atom is -0.440 e. The molecule has 2 heterocycles. The number of rotatable bonds is 6. The Balaban J connectivity index is 1.27. The van der Waals surface area contributed by atoms with Gasteiger partial charge in [0.25, 0.3) is 0 Å². The Kier molecular flexibility index (Phi) is 5.28. The van der Waals surface area contributed by atoms with Gasteiger partial charge in [0.1, 0.15) is 5.52 Å². The summed E-state index contributed by atoms with van der Waals surface area (Å²) in [7, 11) is 0. The minimum atomic E-state index is -0.281. The van der Waals surface area contributed by atoms with Crippen LogP contribution in [-0.4, -0.2) is 21.8 Å². The van der Waals surface area contributed by atoms with Gasteiger partial charge >= 0.3 is 0 Å². The SMILES string of the molecule is CC(=O)N(c1ccccc1)c1nc(/C=C/C(=O)Nc2ccc3oc(C4CC4)nc3c2)cs1. The number of hydrogen-bond acceptors (Lipinski definition) is 6. The highest BCUT2D eigenvalue weighted by atomic mass is 32.1. The van der Waals surface area contributed by atoms with Crippen molar-refractivity contribution in [2.75, 3.05) is 10.2 Å². The lowest BCUT2D eigenvalue weighted by atomic mass is 10.3. The lowest BCUT2D eigenvalue weighted by Gasteiger charge is -2.17. The first kappa shape index (κ1) is 20.1. The largest absolute Gasteiger partial charge is 0.440 e. The highest BCUT2D eigenvalue weighted by molar-refractivity contribution is 7.14. The van der Waals surface area contributed by atoms with Crippen LogP contribution >= 0.6 is 11.3 Å². The molecule has 2 aromatic heterocycles. The number of nitrogens with zero attached hydrogens (tertiary/aromatic N) is 3. The fourth-order valence-corrected chi connectivity index (χ4v) is 4.19. The van der Waals surface area contributed by atoms with Crippen molar-refractivity contribution in [1.29, 1.82) is 0 Å². The molecule has 32 heavy (non-hydrogen) atoms. The third-order valence-corrected chi connectivity index (χ3v) is 5.88. The first-order valence-electron chi connectivity index (χ1n) is 10.3. The third-order valence-electron chi connectivity index (χ3n) is 5.03.